The van der Waals surface area contributed by atoms with Crippen molar-refractivity contribution in [2.45, 2.75) is 134 Å². The number of benzene rings is 8. The van der Waals surface area contributed by atoms with E-state index in [-0.39, 0.29) is 46.6 Å². The molecule has 0 aliphatic rings. The van der Waals surface area contributed by atoms with Crippen LogP contribution in [0.1, 0.15) is 156 Å². The average Bonchev–Trinajstić information content (AvgIpc) is 1.70. The van der Waals surface area contributed by atoms with Gasteiger partial charge in [0.1, 0.15) is 4.83 Å². The number of carbonyl (C=O) groups is 4. The van der Waals surface area contributed by atoms with Crippen LogP contribution in [0.2, 0.25) is 0 Å². The van der Waals surface area contributed by atoms with Crippen molar-refractivity contribution in [2.75, 3.05) is 28.3 Å². The number of hydrogen-bond acceptors (Lipinski definition) is 11. The third kappa shape index (κ3) is 31.0. The highest BCUT2D eigenvalue weighted by molar-refractivity contribution is 14.0. The number of methoxy groups -OCH3 is 2. The van der Waals surface area contributed by atoms with Gasteiger partial charge in [-0.15, -0.1) is 24.0 Å². The number of aromatic nitrogens is 8. The number of nitrogens with one attached hydrogen (secondary N) is 2. The van der Waals surface area contributed by atoms with E-state index < -0.39 is 24.1 Å². The van der Waals surface area contributed by atoms with Gasteiger partial charge in [0.05, 0.1) is 42.5 Å². The molecule has 0 aliphatic heterocycles. The van der Waals surface area contributed by atoms with Crippen molar-refractivity contribution in [3.8, 4) is 0 Å². The Kier molecular flexibility index (Phi) is 55.8. The molecular weight excluding hydrogens is 1420 g/mol. The second-order valence-corrected chi connectivity index (χ2v) is 18.6. The molecule has 0 radical (unpaired) electrons. The Morgan fingerprint density at radius 2 is 0.697 bits per heavy atom. The Bertz CT molecular complexity index is 3660. The molecule has 4 heterocycles. The molecule has 0 fully saturated rings. The number of carboxylic acids is 1. The minimum atomic E-state index is -0.918. The van der Waals surface area contributed by atoms with Crippen molar-refractivity contribution in [1.29, 1.82) is 0 Å². The van der Waals surface area contributed by atoms with Crippen molar-refractivity contribution in [1.82, 2.24) is 44.9 Å². The van der Waals surface area contributed by atoms with Gasteiger partial charge in [-0.1, -0.05) is 321 Å². The molecule has 5 N–H and O–H groups in total. The molecule has 12 aromatic rings. The van der Waals surface area contributed by atoms with Crippen LogP contribution in [-0.2, 0) is 28.7 Å². The number of H-pyrrole nitrogens is 1. The summed E-state index contributed by atoms with van der Waals surface area (Å²) in [5.41, 5.74) is 11.5. The summed E-state index contributed by atoms with van der Waals surface area (Å²) >= 11 is 3.24. The maximum atomic E-state index is 12.2. The minimum absolute atomic E-state index is 0. The maximum Gasteiger partial charge on any atom is 0.335 e. The van der Waals surface area contributed by atoms with Gasteiger partial charge in [0, 0.05) is 47.2 Å². The number of amides is 1. The third-order valence-electron chi connectivity index (χ3n) is 12.4. The first-order valence-electron chi connectivity index (χ1n) is 33.8. The van der Waals surface area contributed by atoms with Crippen molar-refractivity contribution in [3.63, 3.8) is 0 Å². The van der Waals surface area contributed by atoms with Gasteiger partial charge in [-0.25, -0.2) is 9.59 Å². The molecular formula is C80H110BrIN10O7. The number of hydrogen-bond donors (Lipinski definition) is 4. The zero-order valence-electron chi connectivity index (χ0n) is 61.8. The molecule has 0 aliphatic carbocycles. The van der Waals surface area contributed by atoms with Crippen LogP contribution in [0.5, 0.6) is 0 Å². The maximum absolute atomic E-state index is 12.2. The fourth-order valence-electron chi connectivity index (χ4n) is 8.48. The van der Waals surface area contributed by atoms with Crippen LogP contribution in [0.3, 0.4) is 0 Å². The van der Waals surface area contributed by atoms with E-state index in [1.165, 1.54) is 25.9 Å². The van der Waals surface area contributed by atoms with Crippen LogP contribution < -0.4 is 11.1 Å². The Morgan fingerprint density at radius 1 is 0.414 bits per heavy atom. The zero-order valence-corrected chi connectivity index (χ0v) is 65.7. The van der Waals surface area contributed by atoms with Crippen LogP contribution in [-0.4, -0.2) is 96.8 Å². The van der Waals surface area contributed by atoms with Crippen LogP contribution in [0.25, 0.3) is 43.6 Å². The monoisotopic (exact) mass is 1530 g/mol. The van der Waals surface area contributed by atoms with Crippen LogP contribution in [0, 0.1) is 0 Å². The lowest BCUT2D eigenvalue weighted by molar-refractivity contribution is -0.143. The molecule has 0 bridgehead atoms. The SMILES string of the molecule is CC.CC.CC.CC.CC.CC.CC.CC.CN.CNC(=O)C(c1ccccc1)n1cc2ccccc2n1.COC(=O)C(Br)c1ccccc1.COC(=O)C(c1ccccc1)n1cc2ccccc2n1.I.O=C(O)C(c1ccccc1)n1cc2ccccc2n1.c1ccc2[nH]ncc2c1. The molecule has 0 spiro atoms. The summed E-state index contributed by atoms with van der Waals surface area (Å²) in [5, 5.41) is 36.4. The molecule has 4 atom stereocenters. The Balaban J connectivity index is -0.00000111. The number of alkyl halides is 1. The topological polar surface area (TPSA) is 227 Å². The molecule has 4 unspecified atom stereocenters. The normalized spacial score (nSPS) is 10.3. The highest BCUT2D eigenvalue weighted by atomic mass is 127. The molecule has 536 valence electrons. The fourth-order valence-corrected chi connectivity index (χ4v) is 8.97. The highest BCUT2D eigenvalue weighted by Gasteiger charge is 2.26. The highest BCUT2D eigenvalue weighted by Crippen LogP contribution is 2.26. The largest absolute Gasteiger partial charge is 0.479 e. The lowest BCUT2D eigenvalue weighted by atomic mass is 10.1. The standard InChI is InChI=1S/C16H15N3O.C16H14N2O2.C15H12N2O2.C9H9BrO2.C7H6N2.8C2H6.CH5N.HI/c1-17-16(20)15(12-7-3-2-4-8-12)19-11-13-9-5-6-10-14(13)18-19;1-20-16(19)15(12-7-3-2-4-8-12)18-11-13-9-5-6-10-14(13)17-18;18-15(19)14(11-6-2-1-3-7-11)17-10-12-8-4-5-9-13(12)16-17;1-12-9(11)8(10)7-5-3-2-4-6-7;1-2-4-7-6(3-1)5-8-9-7;9*1-2;/h2-11,15H,1H3,(H,17,20);2-11,15H,1H3;1-10,14H,(H,18,19);2-6,8H,1H3;1-5H,(H,8,9);8*1-2H3;2H2,1H3;1H. The van der Waals surface area contributed by atoms with E-state index in [1.54, 1.807) is 34.7 Å². The second kappa shape index (κ2) is 58.8. The molecule has 1 amide bonds. The van der Waals surface area contributed by atoms with Gasteiger partial charge < -0.3 is 25.6 Å². The smallest absolute Gasteiger partial charge is 0.335 e. The van der Waals surface area contributed by atoms with E-state index >= 15 is 0 Å². The van der Waals surface area contributed by atoms with E-state index in [0.29, 0.717) is 5.56 Å². The molecule has 12 rings (SSSR count). The first-order valence-corrected chi connectivity index (χ1v) is 34.7. The summed E-state index contributed by atoms with van der Waals surface area (Å²) in [6, 6.07) is 67.1. The summed E-state index contributed by atoms with van der Waals surface area (Å²) in [5.74, 6) is -1.60. The second-order valence-electron chi connectivity index (χ2n) is 17.7. The predicted octanol–water partition coefficient (Wildman–Crippen LogP) is 20.1. The van der Waals surface area contributed by atoms with Crippen molar-refractivity contribution in [2.24, 2.45) is 5.73 Å². The molecule has 4 aromatic heterocycles. The number of carbonyl (C=O) groups excluding carboxylic acids is 3. The van der Waals surface area contributed by atoms with E-state index in [2.05, 4.69) is 57.2 Å². The summed E-state index contributed by atoms with van der Waals surface area (Å²) < 4.78 is 14.4. The summed E-state index contributed by atoms with van der Waals surface area (Å²) in [4.78, 5) is 46.5. The van der Waals surface area contributed by atoms with Gasteiger partial charge in [-0.2, -0.15) is 20.4 Å². The quantitative estimate of drug-likeness (QED) is 0.0539. The van der Waals surface area contributed by atoms with E-state index in [1.807, 2.05) is 336 Å². The molecule has 0 saturated carbocycles. The first-order chi connectivity index (χ1) is 48.1. The minimum Gasteiger partial charge on any atom is -0.479 e. The van der Waals surface area contributed by atoms with E-state index in [9.17, 15) is 24.3 Å². The average molecular weight is 1530 g/mol. The van der Waals surface area contributed by atoms with E-state index in [4.69, 9.17) is 4.74 Å². The Morgan fingerprint density at radius 3 is 1.02 bits per heavy atom. The first kappa shape index (κ1) is 93.9. The summed E-state index contributed by atoms with van der Waals surface area (Å²) in [6.45, 7) is 32.0. The van der Waals surface area contributed by atoms with Gasteiger partial charge in [0.15, 0.2) is 18.1 Å². The molecule has 99 heavy (non-hydrogen) atoms. The number of carboxylic acid groups (broad SMARTS) is 1. The van der Waals surface area contributed by atoms with Gasteiger partial charge in [0.25, 0.3) is 0 Å². The van der Waals surface area contributed by atoms with Crippen molar-refractivity contribution < 1.29 is 33.8 Å². The number of aliphatic carboxylic acids is 1. The molecule has 19 heteroatoms. The number of ether oxygens (including phenoxy) is 2. The number of likely N-dealkylation sites (N-methyl/N-ethyl adjacent to an activating group) is 1. The van der Waals surface area contributed by atoms with Gasteiger partial charge in [0.2, 0.25) is 5.91 Å². The van der Waals surface area contributed by atoms with Crippen LogP contribution in [0.4, 0.5) is 0 Å². The van der Waals surface area contributed by atoms with Crippen molar-refractivity contribution >= 4 is 107 Å². The number of aromatic amines is 1. The lowest BCUT2D eigenvalue weighted by Crippen LogP contribution is -2.30. The van der Waals surface area contributed by atoms with Crippen LogP contribution >= 0.6 is 39.9 Å². The predicted molar refractivity (Wildman–Crippen MR) is 429 cm³/mol. The lowest BCUT2D eigenvalue weighted by Gasteiger charge is -2.16. The fraction of sp³-hybridized carbons (Fsp3) is 0.300. The van der Waals surface area contributed by atoms with E-state index in [0.717, 1.165) is 60.3 Å². The van der Waals surface area contributed by atoms with Gasteiger partial charge in [-0.3, -0.25) is 28.7 Å². The van der Waals surface area contributed by atoms with Crippen molar-refractivity contribution in [3.05, 3.63) is 265 Å². The summed E-state index contributed by atoms with van der Waals surface area (Å²) in [6.07, 6.45) is 7.35. The number of para-hydroxylation sites is 1. The Hall–Kier alpha value is -9.31. The molecule has 0 saturated heterocycles. The number of nitrogens with two attached hydrogens (primary N) is 1. The third-order valence-corrected chi connectivity index (χ3v) is 13.3. The number of fused-ring (bicyclic) bond motifs is 4. The summed E-state index contributed by atoms with van der Waals surface area (Å²) in [7, 11) is 5.91. The Labute approximate surface area is 615 Å². The van der Waals surface area contributed by atoms with Crippen LogP contribution in [0.15, 0.2) is 243 Å². The van der Waals surface area contributed by atoms with Gasteiger partial charge in [-0.05, 0) is 53.6 Å². The number of halogens is 2. The van der Waals surface area contributed by atoms with Gasteiger partial charge >= 0.3 is 17.9 Å². The molecule has 8 aromatic carbocycles. The number of nitrogens with zero attached hydrogens (tertiary/aromatic N) is 7. The zero-order chi connectivity index (χ0) is 74.2. The number of esters is 2. The molecule has 17 nitrogen and oxygen atoms in total. The number of rotatable bonds is 11.